The number of allylic oxidation sites excluding steroid dienone is 1. The number of methoxy groups -OCH3 is 1. The van der Waals surface area contributed by atoms with Gasteiger partial charge in [0.1, 0.15) is 29.3 Å². The van der Waals surface area contributed by atoms with Gasteiger partial charge in [0.15, 0.2) is 0 Å². The zero-order chi connectivity index (χ0) is 39.7. The van der Waals surface area contributed by atoms with Crippen LogP contribution in [0.3, 0.4) is 0 Å². The van der Waals surface area contributed by atoms with Crippen molar-refractivity contribution >= 4 is 35.1 Å². The van der Waals surface area contributed by atoms with Gasteiger partial charge in [-0.05, 0) is 152 Å². The van der Waals surface area contributed by atoms with Crippen molar-refractivity contribution in [2.24, 2.45) is 56.7 Å². The minimum atomic E-state index is -2.15. The predicted octanol–water partition coefficient (Wildman–Crippen LogP) is 7.73. The third kappa shape index (κ3) is 6.28. The predicted molar refractivity (Wildman–Crippen MR) is 231 cm³/mol. The van der Waals surface area contributed by atoms with Gasteiger partial charge in [-0.3, -0.25) is 9.59 Å². The van der Waals surface area contributed by atoms with Crippen LogP contribution < -0.4 is 32.9 Å². The quantitative estimate of drug-likeness (QED) is 0.132. The Bertz CT molecular complexity index is 1850. The van der Waals surface area contributed by atoms with Crippen molar-refractivity contribution < 1.29 is 36.0 Å². The summed E-state index contributed by atoms with van der Waals surface area (Å²) in [5, 5.41) is 4.15. The summed E-state index contributed by atoms with van der Waals surface area (Å²) in [5.41, 5.74) is 1.22. The molecule has 306 valence electrons. The van der Waals surface area contributed by atoms with Gasteiger partial charge in [-0.15, -0.1) is 0 Å². The van der Waals surface area contributed by atoms with Crippen LogP contribution in [0.1, 0.15) is 106 Å². The Labute approximate surface area is 354 Å². The number of carbonyl (C=O) groups excluding carboxylic acids is 2. The largest absolute Gasteiger partial charge is 1.00 e. The maximum absolute atomic E-state index is 14.4. The Morgan fingerprint density at radius 1 is 0.684 bits per heavy atom. The van der Waals surface area contributed by atoms with Crippen LogP contribution in [0.4, 0.5) is 0 Å². The van der Waals surface area contributed by atoms with Crippen LogP contribution in [0.5, 0.6) is 0 Å². The topological polar surface area (TPSA) is 52.6 Å². The molecule has 3 aromatic rings. The van der Waals surface area contributed by atoms with Crippen molar-refractivity contribution in [3.05, 3.63) is 103 Å². The molecule has 0 aliphatic heterocycles. The Hall–Kier alpha value is -2.75. The molecule has 4 unspecified atom stereocenters. The summed E-state index contributed by atoms with van der Waals surface area (Å²) in [4.78, 5) is 26.6. The number of halogens is 1. The normalized spacial score (nSPS) is 36.5. The van der Waals surface area contributed by atoms with Crippen LogP contribution in [0, 0.1) is 56.7 Å². The number of benzene rings is 3. The second kappa shape index (κ2) is 15.4. The number of hydrogen-bond acceptors (Lipinski definition) is 4. The summed E-state index contributed by atoms with van der Waals surface area (Å²) >= 11 is 0. The maximum atomic E-state index is 14.4. The van der Waals surface area contributed by atoms with Crippen LogP contribution in [-0.2, 0) is 19.1 Å². The molecule has 0 N–H and O–H groups in total. The van der Waals surface area contributed by atoms with Crippen molar-refractivity contribution in [2.75, 3.05) is 13.3 Å². The minimum Gasteiger partial charge on any atom is -1.00 e. The first-order chi connectivity index (χ1) is 26.7. The Balaban J connectivity index is 0.00000496. The highest BCUT2D eigenvalue weighted by molar-refractivity contribution is 7.95. The first-order valence-electron chi connectivity index (χ1n) is 21.7. The average molecular weight is 854 g/mol. The van der Waals surface area contributed by atoms with Gasteiger partial charge >= 0.3 is 11.9 Å². The molecule has 5 fully saturated rings. The van der Waals surface area contributed by atoms with E-state index in [1.807, 2.05) is 0 Å². The van der Waals surface area contributed by atoms with Crippen molar-refractivity contribution in [1.82, 2.24) is 0 Å². The Morgan fingerprint density at radius 2 is 1.25 bits per heavy atom. The zero-order valence-electron chi connectivity index (χ0n) is 35.6. The first kappa shape index (κ1) is 42.4. The molecule has 5 aliphatic carbocycles. The van der Waals surface area contributed by atoms with Gasteiger partial charge in [0.25, 0.3) is 0 Å². The summed E-state index contributed by atoms with van der Waals surface area (Å²) < 4.78 is 11.8. The fourth-order valence-electron chi connectivity index (χ4n) is 15.2. The van der Waals surface area contributed by atoms with Gasteiger partial charge in [0.2, 0.25) is 0 Å². The minimum absolute atomic E-state index is 0. The monoisotopic (exact) mass is 852 g/mol. The molecule has 6 heteroatoms. The van der Waals surface area contributed by atoms with Gasteiger partial charge in [0.05, 0.1) is 18.7 Å². The van der Waals surface area contributed by atoms with Crippen LogP contribution in [0.2, 0.25) is 0 Å². The van der Waals surface area contributed by atoms with Gasteiger partial charge in [-0.1, -0.05) is 95.8 Å². The lowest BCUT2D eigenvalue weighted by molar-refractivity contribution is -0.250. The van der Waals surface area contributed by atoms with Crippen molar-refractivity contribution in [3.63, 3.8) is 0 Å². The van der Waals surface area contributed by atoms with Crippen molar-refractivity contribution in [2.45, 2.75) is 112 Å². The van der Waals surface area contributed by atoms with E-state index in [1.165, 1.54) is 34.3 Å². The molecule has 0 saturated heterocycles. The van der Waals surface area contributed by atoms with E-state index in [1.54, 1.807) is 14.0 Å². The molecule has 0 bridgehead atoms. The second-order valence-electron chi connectivity index (χ2n) is 20.1. The van der Waals surface area contributed by atoms with E-state index >= 15 is 0 Å². The zero-order valence-corrected chi connectivity index (χ0v) is 38.0. The van der Waals surface area contributed by atoms with Crippen LogP contribution >= 0.6 is 7.26 Å². The molecular weight excluding hydrogens is 787 g/mol. The Kier molecular flexibility index (Phi) is 11.4. The molecule has 4 nitrogen and oxygen atoms in total. The van der Waals surface area contributed by atoms with E-state index in [9.17, 15) is 9.59 Å². The standard InChI is InChI=1S/C51H66O4P.BrH/c1-35(34-56(37-18-12-9-13-19-37,38-20-14-10-15-21-38)39-22-16-11-17-23-39)40-26-31-51(46(53)54-8)33-32-49(6)41(45(40)51)24-25-43-48(5)29-28-44(55-36(2)52)47(3,4)42(48)27-30-50(43,49)7;/h9-23,40-45H,1,24-34H2,2-8H3;1H/q+1;/p-1/t40-,41?,42?,43?,44-,45?,48-,49+,50+,51-;/m0./s1. The molecule has 0 spiro atoms. The fourth-order valence-corrected chi connectivity index (χ4v) is 19.5. The van der Waals surface area contributed by atoms with Crippen LogP contribution in [0.15, 0.2) is 103 Å². The second-order valence-corrected chi connectivity index (χ2v) is 23.6. The molecule has 3 aromatic carbocycles. The summed E-state index contributed by atoms with van der Waals surface area (Å²) in [6.45, 7) is 19.4. The van der Waals surface area contributed by atoms with E-state index in [0.717, 1.165) is 57.5 Å². The highest BCUT2D eigenvalue weighted by Crippen LogP contribution is 2.78. The average Bonchev–Trinajstić information content (AvgIpc) is 3.60. The number of fused-ring (bicyclic) bond motifs is 7. The summed E-state index contributed by atoms with van der Waals surface area (Å²) in [5.74, 6) is 1.85. The molecule has 5 saturated carbocycles. The van der Waals surface area contributed by atoms with E-state index in [4.69, 9.17) is 16.1 Å². The lowest BCUT2D eigenvalue weighted by atomic mass is 9.32. The van der Waals surface area contributed by atoms with Crippen molar-refractivity contribution in [1.29, 1.82) is 0 Å². The number of carbonyl (C=O) groups is 2. The molecule has 0 aromatic heterocycles. The molecule has 5 aliphatic rings. The van der Waals surface area contributed by atoms with Crippen LogP contribution in [-0.4, -0.2) is 31.3 Å². The van der Waals surface area contributed by atoms with E-state index in [0.29, 0.717) is 17.8 Å². The number of esters is 2. The highest BCUT2D eigenvalue weighted by atomic mass is 79.9. The molecular formula is C51H66BrO4P. The third-order valence-corrected chi connectivity index (χ3v) is 22.2. The van der Waals surface area contributed by atoms with Crippen molar-refractivity contribution in [3.8, 4) is 0 Å². The van der Waals surface area contributed by atoms with Gasteiger partial charge < -0.3 is 26.5 Å². The molecule has 8 rings (SSSR count). The van der Waals surface area contributed by atoms with E-state index in [2.05, 4.69) is 126 Å². The molecule has 0 amide bonds. The third-order valence-electron chi connectivity index (χ3n) is 17.8. The number of ether oxygens (including phenoxy) is 2. The highest BCUT2D eigenvalue weighted by Gasteiger charge is 2.72. The fraction of sp³-hybridized carbons (Fsp3) is 0.569. The molecule has 10 atom stereocenters. The maximum Gasteiger partial charge on any atom is 0.312 e. The lowest BCUT2D eigenvalue weighted by Crippen LogP contribution is -3.00. The molecule has 57 heavy (non-hydrogen) atoms. The summed E-state index contributed by atoms with van der Waals surface area (Å²) in [6.07, 6.45) is 11.5. The first-order valence-corrected chi connectivity index (χ1v) is 23.6. The SMILES string of the molecule is C=C(C[P+](c1ccccc1)(c1ccccc1)c1ccccc1)[C@@H]1CC[C@]2(C(=O)OC)CC[C@]3(C)C(CCC4[C@@]5(C)CC[C@H](OC(C)=O)C(C)(C)C5CC[C@]43C)C12.[Br-]. The van der Waals surface area contributed by atoms with E-state index < -0.39 is 12.7 Å². The Morgan fingerprint density at radius 3 is 1.77 bits per heavy atom. The van der Waals surface area contributed by atoms with E-state index in [-0.39, 0.29) is 68.5 Å². The van der Waals surface area contributed by atoms with Crippen LogP contribution in [0.25, 0.3) is 0 Å². The lowest BCUT2D eigenvalue weighted by Gasteiger charge is -2.72. The van der Waals surface area contributed by atoms with Gasteiger partial charge in [0, 0.05) is 12.3 Å². The van der Waals surface area contributed by atoms with Gasteiger partial charge in [-0.2, -0.15) is 0 Å². The smallest absolute Gasteiger partial charge is 0.312 e. The molecule has 0 heterocycles. The number of rotatable bonds is 8. The van der Waals surface area contributed by atoms with Gasteiger partial charge in [-0.25, -0.2) is 0 Å². The summed E-state index contributed by atoms with van der Waals surface area (Å²) in [7, 11) is -0.531. The summed E-state index contributed by atoms with van der Waals surface area (Å²) in [6, 6.07) is 33.6. The number of hydrogen-bond donors (Lipinski definition) is 0. The molecule has 0 radical (unpaired) electrons.